The number of rotatable bonds is 9. The molecule has 0 atom stereocenters. The van der Waals surface area contributed by atoms with E-state index in [0.29, 0.717) is 16.8 Å². The van der Waals surface area contributed by atoms with Crippen molar-refractivity contribution in [3.8, 4) is 0 Å². The zero-order valence-electron chi connectivity index (χ0n) is 22.1. The number of hydrogen-bond acceptors (Lipinski definition) is 8. The Morgan fingerprint density at radius 2 is 1.35 bits per heavy atom. The lowest BCUT2D eigenvalue weighted by molar-refractivity contribution is 0.0581. The van der Waals surface area contributed by atoms with Crippen LogP contribution in [-0.4, -0.2) is 58.7 Å². The predicted molar refractivity (Wildman–Crippen MR) is 140 cm³/mol. The Morgan fingerprint density at radius 3 is 1.85 bits per heavy atom. The van der Waals surface area contributed by atoms with Gasteiger partial charge in [0, 0.05) is 24.3 Å². The highest BCUT2D eigenvalue weighted by atomic mass is 19.1. The smallest absolute Gasteiger partial charge is 0.358 e. The summed E-state index contributed by atoms with van der Waals surface area (Å²) in [6, 6.07) is 15.5. The molecule has 2 aromatic heterocycles. The number of halogens is 2. The van der Waals surface area contributed by atoms with Crippen LogP contribution in [-0.2, 0) is 33.9 Å². The summed E-state index contributed by atoms with van der Waals surface area (Å²) in [7, 11) is 4.06. The monoisotopic (exact) mass is 554 g/mol. The predicted octanol–water partition coefficient (Wildman–Crippen LogP) is 3.14. The van der Waals surface area contributed by atoms with Gasteiger partial charge in [0.05, 0.1) is 39.6 Å². The number of amidine groups is 1. The molecule has 4 aromatic rings. The van der Waals surface area contributed by atoms with Gasteiger partial charge in [-0.3, -0.25) is 14.8 Å². The van der Waals surface area contributed by atoms with Crippen LogP contribution >= 0.6 is 0 Å². The minimum atomic E-state index is -0.624. The molecule has 13 heteroatoms. The molecular formula is C27H28F2N6O5. The molecular weight excluding hydrogens is 526 g/mol. The third kappa shape index (κ3) is 7.35. The second-order valence-corrected chi connectivity index (χ2v) is 8.26. The second-order valence-electron chi connectivity index (χ2n) is 8.26. The van der Waals surface area contributed by atoms with Crippen molar-refractivity contribution in [3.05, 3.63) is 106 Å². The van der Waals surface area contributed by atoms with Crippen molar-refractivity contribution < 1.29 is 32.6 Å². The zero-order chi connectivity index (χ0) is 29.2. The fourth-order valence-electron chi connectivity index (χ4n) is 3.57. The third-order valence-corrected chi connectivity index (χ3v) is 5.56. The summed E-state index contributed by atoms with van der Waals surface area (Å²) in [5.74, 6) is -2.15. The zero-order valence-corrected chi connectivity index (χ0v) is 22.1. The van der Waals surface area contributed by atoms with Crippen LogP contribution in [0, 0.1) is 17.0 Å². The molecule has 4 rings (SSSR count). The number of nitrogens with one attached hydrogen (secondary N) is 1. The normalized spacial score (nSPS) is 10.4. The van der Waals surface area contributed by atoms with Gasteiger partial charge >= 0.3 is 11.9 Å². The van der Waals surface area contributed by atoms with Gasteiger partial charge in [0.1, 0.15) is 28.9 Å². The molecule has 0 aliphatic heterocycles. The van der Waals surface area contributed by atoms with Crippen LogP contribution in [0.2, 0.25) is 0 Å². The molecule has 40 heavy (non-hydrogen) atoms. The van der Waals surface area contributed by atoms with Crippen molar-refractivity contribution in [2.75, 3.05) is 21.3 Å². The van der Waals surface area contributed by atoms with E-state index in [1.54, 1.807) is 42.5 Å². The van der Waals surface area contributed by atoms with E-state index in [4.69, 9.17) is 15.9 Å². The summed E-state index contributed by atoms with van der Waals surface area (Å²) in [6.45, 7) is 0.547. The van der Waals surface area contributed by atoms with Crippen molar-refractivity contribution in [2.45, 2.75) is 19.7 Å². The van der Waals surface area contributed by atoms with E-state index in [-0.39, 0.29) is 48.4 Å². The Morgan fingerprint density at radius 1 is 0.825 bits per heavy atom. The van der Waals surface area contributed by atoms with Crippen molar-refractivity contribution in [1.82, 2.24) is 19.6 Å². The molecule has 0 spiro atoms. The minimum Gasteiger partial charge on any atom is -0.464 e. The van der Waals surface area contributed by atoms with Gasteiger partial charge < -0.3 is 19.9 Å². The van der Waals surface area contributed by atoms with Gasteiger partial charge in [0.15, 0.2) is 5.69 Å². The standard InChI is InChI=1S/C14H15FN2O3.C13H13FN4O2/c1-19-9-11-7-13(14(18)20-2)16-17(11)8-10-5-3-4-6-12(10)15;1-20-13(19)11-6-10(12(15)16)17-18(11)7-8-4-2-3-5-9(8)14/h3-7H,8-9H2,1-2H3;2-6H,7H2,1H3,(H3,15,16). The van der Waals surface area contributed by atoms with Crippen LogP contribution in [0.1, 0.15) is 43.5 Å². The molecule has 0 amide bonds. The molecule has 2 aromatic carbocycles. The topological polar surface area (TPSA) is 147 Å². The molecule has 0 aliphatic carbocycles. The highest BCUT2D eigenvalue weighted by molar-refractivity contribution is 5.96. The number of carbonyl (C=O) groups is 2. The number of nitrogens with zero attached hydrogens (tertiary/aromatic N) is 4. The lowest BCUT2D eigenvalue weighted by Crippen LogP contribution is -2.14. The van der Waals surface area contributed by atoms with Crippen LogP contribution in [0.15, 0.2) is 60.7 Å². The number of nitrogen functional groups attached to an aromatic ring is 1. The van der Waals surface area contributed by atoms with Gasteiger partial charge in [0.25, 0.3) is 0 Å². The first-order valence-corrected chi connectivity index (χ1v) is 11.8. The molecule has 210 valence electrons. The Bertz CT molecular complexity index is 1500. The van der Waals surface area contributed by atoms with Crippen molar-refractivity contribution in [3.63, 3.8) is 0 Å². The number of esters is 2. The first-order chi connectivity index (χ1) is 19.2. The highest BCUT2D eigenvalue weighted by Gasteiger charge is 2.18. The molecule has 2 heterocycles. The number of hydrogen-bond donors (Lipinski definition) is 2. The maximum atomic E-state index is 13.7. The lowest BCUT2D eigenvalue weighted by Gasteiger charge is -2.07. The summed E-state index contributed by atoms with van der Waals surface area (Å²) >= 11 is 0. The fourth-order valence-corrected chi connectivity index (χ4v) is 3.57. The van der Waals surface area contributed by atoms with Gasteiger partial charge in [-0.15, -0.1) is 0 Å². The molecule has 0 saturated carbocycles. The van der Waals surface area contributed by atoms with Crippen LogP contribution in [0.5, 0.6) is 0 Å². The average Bonchev–Trinajstić information content (AvgIpc) is 3.55. The van der Waals surface area contributed by atoms with Crippen LogP contribution in [0.25, 0.3) is 0 Å². The molecule has 3 N–H and O–H groups in total. The largest absolute Gasteiger partial charge is 0.464 e. The summed E-state index contributed by atoms with van der Waals surface area (Å²) in [5, 5.41) is 15.5. The van der Waals surface area contributed by atoms with E-state index >= 15 is 0 Å². The maximum Gasteiger partial charge on any atom is 0.358 e. The average molecular weight is 555 g/mol. The van der Waals surface area contributed by atoms with Crippen LogP contribution in [0.4, 0.5) is 8.78 Å². The molecule has 11 nitrogen and oxygen atoms in total. The van der Waals surface area contributed by atoms with E-state index < -0.39 is 17.8 Å². The number of methoxy groups -OCH3 is 3. The van der Waals surface area contributed by atoms with Gasteiger partial charge in [-0.25, -0.2) is 18.4 Å². The fraction of sp³-hybridized carbons (Fsp3) is 0.222. The summed E-state index contributed by atoms with van der Waals surface area (Å²) in [5.41, 5.74) is 7.31. The first-order valence-electron chi connectivity index (χ1n) is 11.8. The summed E-state index contributed by atoms with van der Waals surface area (Å²) < 4.78 is 44.4. The number of carbonyl (C=O) groups excluding carboxylic acids is 2. The molecule has 0 bridgehead atoms. The molecule has 0 unspecified atom stereocenters. The maximum absolute atomic E-state index is 13.7. The number of ether oxygens (including phenoxy) is 3. The SMILES string of the molecule is COC(=O)c1cc(C(=N)N)nn1Cc1ccccc1F.COCc1cc(C(=O)OC)nn1Cc1ccccc1F. The van der Waals surface area contributed by atoms with E-state index in [1.807, 2.05) is 0 Å². The Hall–Kier alpha value is -4.91. The summed E-state index contributed by atoms with van der Waals surface area (Å²) in [4.78, 5) is 23.1. The minimum absolute atomic E-state index is 0.0460. The van der Waals surface area contributed by atoms with Gasteiger partial charge in [0.2, 0.25) is 0 Å². The number of aromatic nitrogens is 4. The second kappa shape index (κ2) is 13.8. The van der Waals surface area contributed by atoms with Crippen molar-refractivity contribution in [1.29, 1.82) is 5.41 Å². The third-order valence-electron chi connectivity index (χ3n) is 5.56. The Labute approximate surface area is 228 Å². The van der Waals surface area contributed by atoms with Crippen LogP contribution in [0.3, 0.4) is 0 Å². The highest BCUT2D eigenvalue weighted by Crippen LogP contribution is 2.14. The molecule has 0 saturated heterocycles. The Kier molecular flexibility index (Phi) is 10.2. The molecule has 0 radical (unpaired) electrons. The number of benzene rings is 2. The van der Waals surface area contributed by atoms with Crippen LogP contribution < -0.4 is 5.73 Å². The van der Waals surface area contributed by atoms with Crippen molar-refractivity contribution >= 4 is 17.8 Å². The lowest BCUT2D eigenvalue weighted by atomic mass is 10.2. The van der Waals surface area contributed by atoms with Gasteiger partial charge in [-0.05, 0) is 18.2 Å². The first kappa shape index (κ1) is 29.6. The molecule has 0 fully saturated rings. The van der Waals surface area contributed by atoms with E-state index in [1.165, 1.54) is 48.9 Å². The van der Waals surface area contributed by atoms with E-state index in [9.17, 15) is 18.4 Å². The van der Waals surface area contributed by atoms with Gasteiger partial charge in [-0.2, -0.15) is 10.2 Å². The van der Waals surface area contributed by atoms with Crippen molar-refractivity contribution in [2.24, 2.45) is 5.73 Å². The van der Waals surface area contributed by atoms with Gasteiger partial charge in [-0.1, -0.05) is 36.4 Å². The Balaban J connectivity index is 0.000000220. The number of nitrogens with two attached hydrogens (primary N) is 1. The van der Waals surface area contributed by atoms with E-state index in [2.05, 4.69) is 19.7 Å². The molecule has 0 aliphatic rings. The van der Waals surface area contributed by atoms with E-state index in [0.717, 1.165) is 0 Å². The quantitative estimate of drug-likeness (QED) is 0.182. The summed E-state index contributed by atoms with van der Waals surface area (Å²) in [6.07, 6.45) is 0.